The van der Waals surface area contributed by atoms with Crippen LogP contribution in [0.25, 0.3) is 0 Å². The van der Waals surface area contributed by atoms with Crippen LogP contribution in [-0.2, 0) is 0 Å². The number of hydrogen-bond donors (Lipinski definition) is 1. The summed E-state index contributed by atoms with van der Waals surface area (Å²) in [6.07, 6.45) is 3.54. The maximum Gasteiger partial charge on any atom is 0.146 e. The van der Waals surface area contributed by atoms with Gasteiger partial charge in [-0.1, -0.05) is 25.5 Å². The summed E-state index contributed by atoms with van der Waals surface area (Å²) in [5.74, 6) is 0.659. The smallest absolute Gasteiger partial charge is 0.146 e. The summed E-state index contributed by atoms with van der Waals surface area (Å²) in [6.45, 7) is 6.03. The molecule has 2 rings (SSSR count). The molecule has 1 atom stereocenters. The van der Waals surface area contributed by atoms with Gasteiger partial charge in [-0.15, -0.1) is 0 Å². The average molecular weight is 250 g/mol. The molecule has 1 heterocycles. The molecule has 1 aromatic rings. The molecule has 18 heavy (non-hydrogen) atoms. The quantitative estimate of drug-likeness (QED) is 0.890. The lowest BCUT2D eigenvalue weighted by molar-refractivity contribution is 0.392. The van der Waals surface area contributed by atoms with E-state index in [0.717, 1.165) is 43.1 Å². The van der Waals surface area contributed by atoms with E-state index in [1.165, 1.54) is 12.5 Å². The topological polar surface area (TPSA) is 29.3 Å². The van der Waals surface area contributed by atoms with Crippen LogP contribution in [0.5, 0.6) is 0 Å². The van der Waals surface area contributed by atoms with E-state index in [-0.39, 0.29) is 11.9 Å². The second kappa shape index (κ2) is 5.70. The van der Waals surface area contributed by atoms with Gasteiger partial charge in [0.1, 0.15) is 5.82 Å². The highest BCUT2D eigenvalue weighted by molar-refractivity contribution is 5.56. The van der Waals surface area contributed by atoms with Gasteiger partial charge in [0.05, 0.1) is 5.69 Å². The molecule has 1 fully saturated rings. The lowest BCUT2D eigenvalue weighted by atomic mass is 9.93. The molecular weight excluding hydrogens is 227 g/mol. The summed E-state index contributed by atoms with van der Waals surface area (Å²) in [4.78, 5) is 2.17. The number of piperidine rings is 1. The van der Waals surface area contributed by atoms with Crippen molar-refractivity contribution in [1.29, 1.82) is 0 Å². The molecule has 0 spiro atoms. The highest BCUT2D eigenvalue weighted by Gasteiger charge is 2.23. The molecule has 2 nitrogen and oxygen atoms in total. The first-order chi connectivity index (χ1) is 8.63. The standard InChI is InChI=1S/C15H23FN2/c1-3-12-7-9-18(10-8-12)15-13(11(2)17)5-4-6-14(15)16/h4-6,11-12H,3,7-10,17H2,1-2H3/t11-/m1/s1. The van der Waals surface area contributed by atoms with Crippen LogP contribution in [0.15, 0.2) is 18.2 Å². The number of nitrogens with zero attached hydrogens (tertiary/aromatic N) is 1. The summed E-state index contributed by atoms with van der Waals surface area (Å²) in [6, 6.07) is 5.10. The summed E-state index contributed by atoms with van der Waals surface area (Å²) in [5, 5.41) is 0. The molecular formula is C15H23FN2. The van der Waals surface area contributed by atoms with Crippen molar-refractivity contribution in [2.75, 3.05) is 18.0 Å². The Hall–Kier alpha value is -1.09. The zero-order valence-corrected chi connectivity index (χ0v) is 11.3. The van der Waals surface area contributed by atoms with Crippen LogP contribution in [0, 0.1) is 11.7 Å². The highest BCUT2D eigenvalue weighted by atomic mass is 19.1. The second-order valence-electron chi connectivity index (χ2n) is 5.31. The van der Waals surface area contributed by atoms with Crippen molar-refractivity contribution in [3.8, 4) is 0 Å². The van der Waals surface area contributed by atoms with Crippen LogP contribution in [0.3, 0.4) is 0 Å². The Morgan fingerprint density at radius 2 is 2.06 bits per heavy atom. The van der Waals surface area contributed by atoms with E-state index in [1.807, 2.05) is 13.0 Å². The Bertz CT molecular complexity index is 395. The molecule has 3 heteroatoms. The summed E-state index contributed by atoms with van der Waals surface area (Å²) >= 11 is 0. The molecule has 0 aromatic heterocycles. The van der Waals surface area contributed by atoms with Gasteiger partial charge in [-0.25, -0.2) is 4.39 Å². The SMILES string of the molecule is CCC1CCN(c2c(F)cccc2[C@@H](C)N)CC1. The number of hydrogen-bond acceptors (Lipinski definition) is 2. The molecule has 0 aliphatic carbocycles. The van der Waals surface area contributed by atoms with Gasteiger partial charge in [0, 0.05) is 19.1 Å². The number of benzene rings is 1. The van der Waals surface area contributed by atoms with Crippen molar-refractivity contribution in [1.82, 2.24) is 0 Å². The van der Waals surface area contributed by atoms with E-state index < -0.39 is 0 Å². The number of halogens is 1. The van der Waals surface area contributed by atoms with Gasteiger partial charge in [0.25, 0.3) is 0 Å². The zero-order valence-electron chi connectivity index (χ0n) is 11.3. The first-order valence-electron chi connectivity index (χ1n) is 6.92. The van der Waals surface area contributed by atoms with Crippen LogP contribution in [0.1, 0.15) is 44.7 Å². The molecule has 0 amide bonds. The van der Waals surface area contributed by atoms with Gasteiger partial charge in [-0.2, -0.15) is 0 Å². The van der Waals surface area contributed by atoms with E-state index in [0.29, 0.717) is 0 Å². The van der Waals surface area contributed by atoms with Crippen molar-refractivity contribution < 1.29 is 4.39 Å². The third kappa shape index (κ3) is 2.66. The molecule has 0 unspecified atom stereocenters. The van der Waals surface area contributed by atoms with E-state index in [9.17, 15) is 4.39 Å². The van der Waals surface area contributed by atoms with Gasteiger partial charge in [-0.05, 0) is 37.3 Å². The molecule has 0 radical (unpaired) electrons. The van der Waals surface area contributed by atoms with Crippen LogP contribution in [0.4, 0.5) is 10.1 Å². The average Bonchev–Trinajstić information content (AvgIpc) is 2.38. The lowest BCUT2D eigenvalue weighted by Crippen LogP contribution is -2.35. The van der Waals surface area contributed by atoms with E-state index in [1.54, 1.807) is 6.07 Å². The number of nitrogens with two attached hydrogens (primary N) is 1. The van der Waals surface area contributed by atoms with Crippen molar-refractivity contribution >= 4 is 5.69 Å². The van der Waals surface area contributed by atoms with Gasteiger partial charge in [0.15, 0.2) is 0 Å². The Balaban J connectivity index is 2.23. The minimum absolute atomic E-state index is 0.125. The van der Waals surface area contributed by atoms with E-state index >= 15 is 0 Å². The molecule has 1 aliphatic heterocycles. The molecule has 0 bridgehead atoms. The minimum Gasteiger partial charge on any atom is -0.369 e. The van der Waals surface area contributed by atoms with Crippen LogP contribution in [-0.4, -0.2) is 13.1 Å². The maximum absolute atomic E-state index is 14.1. The van der Waals surface area contributed by atoms with Crippen molar-refractivity contribution in [2.24, 2.45) is 11.7 Å². The Morgan fingerprint density at radius 3 is 2.61 bits per heavy atom. The Labute approximate surface area is 109 Å². The van der Waals surface area contributed by atoms with Gasteiger partial charge in [-0.3, -0.25) is 0 Å². The predicted molar refractivity (Wildman–Crippen MR) is 74.2 cm³/mol. The minimum atomic E-state index is -0.139. The second-order valence-corrected chi connectivity index (χ2v) is 5.31. The first kappa shape index (κ1) is 13.3. The highest BCUT2D eigenvalue weighted by Crippen LogP contribution is 2.32. The fourth-order valence-electron chi connectivity index (χ4n) is 2.80. The molecule has 100 valence electrons. The fraction of sp³-hybridized carbons (Fsp3) is 0.600. The summed E-state index contributed by atoms with van der Waals surface area (Å²) in [5.41, 5.74) is 7.60. The number of para-hydroxylation sites is 1. The molecule has 1 aliphatic rings. The largest absolute Gasteiger partial charge is 0.369 e. The van der Waals surface area contributed by atoms with Crippen molar-refractivity contribution in [3.63, 3.8) is 0 Å². The van der Waals surface area contributed by atoms with Crippen LogP contribution < -0.4 is 10.6 Å². The van der Waals surface area contributed by atoms with Gasteiger partial charge >= 0.3 is 0 Å². The molecule has 1 aromatic carbocycles. The molecule has 1 saturated heterocycles. The third-order valence-electron chi connectivity index (χ3n) is 4.02. The van der Waals surface area contributed by atoms with Crippen LogP contribution >= 0.6 is 0 Å². The van der Waals surface area contributed by atoms with E-state index in [2.05, 4.69) is 11.8 Å². The first-order valence-corrected chi connectivity index (χ1v) is 6.92. The maximum atomic E-state index is 14.1. The summed E-state index contributed by atoms with van der Waals surface area (Å²) < 4.78 is 14.1. The fourth-order valence-corrected chi connectivity index (χ4v) is 2.80. The lowest BCUT2D eigenvalue weighted by Gasteiger charge is -2.35. The van der Waals surface area contributed by atoms with Crippen molar-refractivity contribution in [3.05, 3.63) is 29.6 Å². The van der Waals surface area contributed by atoms with Gasteiger partial charge in [0.2, 0.25) is 0 Å². The normalized spacial score (nSPS) is 19.0. The Morgan fingerprint density at radius 1 is 1.39 bits per heavy atom. The molecule has 2 N–H and O–H groups in total. The monoisotopic (exact) mass is 250 g/mol. The number of rotatable bonds is 3. The number of anilines is 1. The predicted octanol–water partition coefficient (Wildman–Crippen LogP) is 3.47. The zero-order chi connectivity index (χ0) is 13.1. The summed E-state index contributed by atoms with van der Waals surface area (Å²) in [7, 11) is 0. The van der Waals surface area contributed by atoms with Crippen molar-refractivity contribution in [2.45, 2.75) is 39.2 Å². The van der Waals surface area contributed by atoms with E-state index in [4.69, 9.17) is 5.73 Å². The van der Waals surface area contributed by atoms with Gasteiger partial charge < -0.3 is 10.6 Å². The Kier molecular flexibility index (Phi) is 4.23. The van der Waals surface area contributed by atoms with Crippen LogP contribution in [0.2, 0.25) is 0 Å². The third-order valence-corrected chi connectivity index (χ3v) is 4.02. The molecule has 0 saturated carbocycles.